The van der Waals surface area contributed by atoms with E-state index < -0.39 is 11.7 Å². The van der Waals surface area contributed by atoms with Gasteiger partial charge in [-0.05, 0) is 36.2 Å². The Kier molecular flexibility index (Phi) is 5.04. The van der Waals surface area contributed by atoms with Gasteiger partial charge in [-0.3, -0.25) is 9.59 Å². The number of carbonyl (C=O) groups excluding carboxylic acids is 2. The fourth-order valence-corrected chi connectivity index (χ4v) is 3.23. The van der Waals surface area contributed by atoms with Crippen LogP contribution in [0.1, 0.15) is 18.9 Å². The second-order valence-corrected chi connectivity index (χ2v) is 6.41. The maximum Gasteiger partial charge on any atom is 0.229 e. The summed E-state index contributed by atoms with van der Waals surface area (Å²) < 4.78 is 13.1. The number of hydrogen-bond acceptors (Lipinski definition) is 2. The summed E-state index contributed by atoms with van der Waals surface area (Å²) in [6, 6.07) is 11.5. The highest BCUT2D eigenvalue weighted by molar-refractivity contribution is 6.33. The minimum absolute atomic E-state index is 0.0775. The van der Waals surface area contributed by atoms with E-state index in [1.807, 2.05) is 31.2 Å². The summed E-state index contributed by atoms with van der Waals surface area (Å²) in [6.07, 6.45) is 0.949. The monoisotopic (exact) mass is 360 g/mol. The molecule has 2 aromatic carbocycles. The molecule has 1 aliphatic rings. The molecular formula is C19H18ClFN2O2. The number of rotatable bonds is 4. The molecule has 1 fully saturated rings. The fourth-order valence-electron chi connectivity index (χ4n) is 3.01. The largest absolute Gasteiger partial charge is 0.324 e. The third kappa shape index (κ3) is 3.66. The third-order valence-corrected chi connectivity index (χ3v) is 4.66. The quantitative estimate of drug-likeness (QED) is 0.894. The number of nitrogens with zero attached hydrogens (tertiary/aromatic N) is 1. The normalized spacial score (nSPS) is 17.0. The van der Waals surface area contributed by atoms with Crippen LogP contribution in [0.15, 0.2) is 42.5 Å². The van der Waals surface area contributed by atoms with Gasteiger partial charge in [0.15, 0.2) is 0 Å². The number of benzene rings is 2. The molecule has 0 bridgehead atoms. The topological polar surface area (TPSA) is 49.4 Å². The lowest BCUT2D eigenvalue weighted by Crippen LogP contribution is -2.28. The third-order valence-electron chi connectivity index (χ3n) is 4.35. The molecule has 4 nitrogen and oxygen atoms in total. The van der Waals surface area contributed by atoms with E-state index >= 15 is 0 Å². The first-order valence-corrected chi connectivity index (χ1v) is 8.51. The van der Waals surface area contributed by atoms with Crippen LogP contribution in [0.4, 0.5) is 15.8 Å². The lowest BCUT2D eigenvalue weighted by atomic mass is 10.1. The first-order chi connectivity index (χ1) is 12.0. The Balaban J connectivity index is 1.74. The number of hydrogen-bond donors (Lipinski definition) is 1. The van der Waals surface area contributed by atoms with Crippen molar-refractivity contribution in [3.63, 3.8) is 0 Å². The number of amides is 2. The van der Waals surface area contributed by atoms with Gasteiger partial charge in [0.25, 0.3) is 0 Å². The first kappa shape index (κ1) is 17.4. The van der Waals surface area contributed by atoms with Gasteiger partial charge >= 0.3 is 0 Å². The second-order valence-electron chi connectivity index (χ2n) is 6.00. The average molecular weight is 361 g/mol. The summed E-state index contributed by atoms with van der Waals surface area (Å²) in [5, 5.41) is 2.81. The van der Waals surface area contributed by atoms with Gasteiger partial charge in [0.1, 0.15) is 5.82 Å². The Hall–Kier alpha value is -2.40. The second kappa shape index (κ2) is 7.23. The van der Waals surface area contributed by atoms with E-state index in [0.29, 0.717) is 12.2 Å². The molecule has 3 rings (SSSR count). The van der Waals surface area contributed by atoms with Crippen LogP contribution in [-0.4, -0.2) is 18.4 Å². The van der Waals surface area contributed by atoms with Crippen molar-refractivity contribution in [3.05, 3.63) is 58.9 Å². The van der Waals surface area contributed by atoms with Gasteiger partial charge in [-0.1, -0.05) is 36.7 Å². The highest BCUT2D eigenvalue weighted by Crippen LogP contribution is 2.30. The Bertz CT molecular complexity index is 825. The zero-order chi connectivity index (χ0) is 18.0. The maximum atomic E-state index is 13.1. The summed E-state index contributed by atoms with van der Waals surface area (Å²) in [4.78, 5) is 26.5. The molecule has 25 heavy (non-hydrogen) atoms. The smallest absolute Gasteiger partial charge is 0.229 e. The SMILES string of the molecule is CCc1ccccc1N1CC(C(=O)Nc2ccc(F)cc2Cl)CC1=O. The number of anilines is 2. The van der Waals surface area contributed by atoms with Crippen molar-refractivity contribution >= 4 is 34.8 Å². The van der Waals surface area contributed by atoms with Crippen LogP contribution in [0.25, 0.3) is 0 Å². The zero-order valence-electron chi connectivity index (χ0n) is 13.8. The van der Waals surface area contributed by atoms with Crippen molar-refractivity contribution in [2.24, 2.45) is 5.92 Å². The van der Waals surface area contributed by atoms with Gasteiger partial charge in [0.05, 0.1) is 16.6 Å². The molecule has 1 unspecified atom stereocenters. The molecule has 1 aliphatic heterocycles. The minimum atomic E-state index is -0.474. The van der Waals surface area contributed by atoms with Crippen molar-refractivity contribution in [2.75, 3.05) is 16.8 Å². The van der Waals surface area contributed by atoms with Crippen LogP contribution in [-0.2, 0) is 16.0 Å². The minimum Gasteiger partial charge on any atom is -0.324 e. The summed E-state index contributed by atoms with van der Waals surface area (Å²) in [5.74, 6) is -1.32. The lowest BCUT2D eigenvalue weighted by molar-refractivity contribution is -0.122. The average Bonchev–Trinajstić information content (AvgIpc) is 2.99. The molecule has 130 valence electrons. The summed E-state index contributed by atoms with van der Waals surface area (Å²) in [6.45, 7) is 2.35. The molecule has 2 aromatic rings. The van der Waals surface area contributed by atoms with Gasteiger partial charge in [-0.15, -0.1) is 0 Å². The number of para-hydroxylation sites is 1. The van der Waals surface area contributed by atoms with E-state index in [-0.39, 0.29) is 23.3 Å². The van der Waals surface area contributed by atoms with Crippen LogP contribution < -0.4 is 10.2 Å². The van der Waals surface area contributed by atoms with E-state index in [2.05, 4.69) is 5.32 Å². The molecule has 2 amide bonds. The van der Waals surface area contributed by atoms with Gasteiger partial charge in [-0.25, -0.2) is 4.39 Å². The van der Waals surface area contributed by atoms with Gasteiger partial charge < -0.3 is 10.2 Å². The van der Waals surface area contributed by atoms with Crippen LogP contribution in [0.5, 0.6) is 0 Å². The number of aryl methyl sites for hydroxylation is 1. The predicted molar refractivity (Wildman–Crippen MR) is 96.3 cm³/mol. The lowest BCUT2D eigenvalue weighted by Gasteiger charge is -2.20. The van der Waals surface area contributed by atoms with Crippen LogP contribution in [0.3, 0.4) is 0 Å². The molecule has 0 aromatic heterocycles. The van der Waals surface area contributed by atoms with E-state index in [4.69, 9.17) is 11.6 Å². The molecule has 1 N–H and O–H groups in total. The number of halogens is 2. The van der Waals surface area contributed by atoms with Gasteiger partial charge in [0.2, 0.25) is 11.8 Å². The van der Waals surface area contributed by atoms with Crippen LogP contribution in [0.2, 0.25) is 5.02 Å². The Morgan fingerprint density at radius 3 is 2.80 bits per heavy atom. The standard InChI is InChI=1S/C19H18ClFN2O2/c1-2-12-5-3-4-6-17(12)23-11-13(9-18(23)24)19(25)22-16-8-7-14(21)10-15(16)20/h3-8,10,13H,2,9,11H2,1H3,(H,22,25). The molecule has 1 atom stereocenters. The van der Waals surface area contributed by atoms with Gasteiger partial charge in [-0.2, -0.15) is 0 Å². The molecular weight excluding hydrogens is 343 g/mol. The van der Waals surface area contributed by atoms with Gasteiger partial charge in [0, 0.05) is 18.7 Å². The van der Waals surface area contributed by atoms with Crippen molar-refractivity contribution < 1.29 is 14.0 Å². The fraction of sp³-hybridized carbons (Fsp3) is 0.263. The zero-order valence-corrected chi connectivity index (χ0v) is 14.5. The van der Waals surface area contributed by atoms with E-state index in [9.17, 15) is 14.0 Å². The summed E-state index contributed by atoms with van der Waals surface area (Å²) in [5.41, 5.74) is 2.26. The first-order valence-electron chi connectivity index (χ1n) is 8.13. The molecule has 1 saturated heterocycles. The van der Waals surface area contributed by atoms with E-state index in [0.717, 1.165) is 23.7 Å². The van der Waals surface area contributed by atoms with Crippen molar-refractivity contribution in [1.29, 1.82) is 0 Å². The number of carbonyl (C=O) groups is 2. The Labute approximate surface area is 150 Å². The molecule has 0 aliphatic carbocycles. The molecule has 6 heteroatoms. The molecule has 0 spiro atoms. The van der Waals surface area contributed by atoms with Crippen molar-refractivity contribution in [2.45, 2.75) is 19.8 Å². The van der Waals surface area contributed by atoms with Crippen molar-refractivity contribution in [3.8, 4) is 0 Å². The van der Waals surface area contributed by atoms with Crippen molar-refractivity contribution in [1.82, 2.24) is 0 Å². The van der Waals surface area contributed by atoms with Crippen LogP contribution >= 0.6 is 11.6 Å². The number of nitrogens with one attached hydrogen (secondary N) is 1. The summed E-state index contributed by atoms with van der Waals surface area (Å²) >= 11 is 5.94. The highest BCUT2D eigenvalue weighted by Gasteiger charge is 2.35. The maximum absolute atomic E-state index is 13.1. The Morgan fingerprint density at radius 1 is 1.32 bits per heavy atom. The van der Waals surface area contributed by atoms with E-state index in [1.54, 1.807) is 4.90 Å². The van der Waals surface area contributed by atoms with E-state index in [1.165, 1.54) is 12.1 Å². The highest BCUT2D eigenvalue weighted by atomic mass is 35.5. The molecule has 1 heterocycles. The van der Waals surface area contributed by atoms with Crippen LogP contribution in [0, 0.1) is 11.7 Å². The molecule has 0 radical (unpaired) electrons. The summed E-state index contributed by atoms with van der Waals surface area (Å²) in [7, 11) is 0. The Morgan fingerprint density at radius 2 is 2.08 bits per heavy atom. The molecule has 0 saturated carbocycles. The predicted octanol–water partition coefficient (Wildman–Crippen LogP) is 4.03.